The number of carbonyl (C=O) groups is 1. The highest BCUT2D eigenvalue weighted by Gasteiger charge is 2.23. The van der Waals surface area contributed by atoms with Crippen molar-refractivity contribution in [1.82, 2.24) is 14.8 Å². The zero-order chi connectivity index (χ0) is 14.4. The molecule has 2 rings (SSSR count). The summed E-state index contributed by atoms with van der Waals surface area (Å²) < 4.78 is 0. The molecule has 0 aromatic carbocycles. The Hall–Kier alpha value is -1.90. The van der Waals surface area contributed by atoms with Crippen LogP contribution >= 0.6 is 0 Å². The Balaban J connectivity index is 2.13. The number of rotatable bonds is 2. The van der Waals surface area contributed by atoms with Crippen LogP contribution in [0.15, 0.2) is 18.3 Å². The molecule has 5 heteroatoms. The lowest BCUT2D eigenvalue weighted by Crippen LogP contribution is -2.48. The number of piperazine rings is 1. The molecular weight excluding hydrogens is 252 g/mol. The molecule has 1 aliphatic heterocycles. The fourth-order valence-corrected chi connectivity index (χ4v) is 2.24. The van der Waals surface area contributed by atoms with Crippen molar-refractivity contribution < 1.29 is 4.79 Å². The Bertz CT molecular complexity index is 524. The molecule has 0 bridgehead atoms. The fraction of sp³-hybridized carbons (Fsp3) is 0.467. The number of pyridine rings is 1. The molecule has 1 amide bonds. The van der Waals surface area contributed by atoms with Crippen molar-refractivity contribution >= 4 is 5.91 Å². The van der Waals surface area contributed by atoms with Gasteiger partial charge in [-0.25, -0.2) is 4.98 Å². The third-order valence-corrected chi connectivity index (χ3v) is 3.44. The molecule has 1 saturated heterocycles. The van der Waals surface area contributed by atoms with Crippen LogP contribution in [0.5, 0.6) is 0 Å². The topological polar surface area (TPSA) is 62.5 Å². The van der Waals surface area contributed by atoms with Crippen molar-refractivity contribution in [1.29, 1.82) is 0 Å². The van der Waals surface area contributed by atoms with E-state index in [0.29, 0.717) is 11.3 Å². The Kier molecular flexibility index (Phi) is 5.10. The lowest BCUT2D eigenvalue weighted by Gasteiger charge is -2.33. The molecule has 0 atom stereocenters. The van der Waals surface area contributed by atoms with Crippen LogP contribution < -0.4 is 5.73 Å². The number of aromatic nitrogens is 1. The van der Waals surface area contributed by atoms with Crippen molar-refractivity contribution in [2.24, 2.45) is 5.73 Å². The molecule has 0 aliphatic carbocycles. The number of hydrogen-bond donors (Lipinski definition) is 1. The standard InChI is InChI=1S/C15H20N4O/c1-2-18-9-11-19(12-10-18)15(20)14-13(5-3-7-16)6-4-8-17-14/h4,6,8H,2,7,9-12,16H2,1H3. The van der Waals surface area contributed by atoms with Gasteiger partial charge in [-0.05, 0) is 18.7 Å². The van der Waals surface area contributed by atoms with Crippen LogP contribution in [0.3, 0.4) is 0 Å². The average molecular weight is 272 g/mol. The normalized spacial score (nSPS) is 15.6. The lowest BCUT2D eigenvalue weighted by molar-refractivity contribution is 0.0637. The van der Waals surface area contributed by atoms with Crippen molar-refractivity contribution in [2.75, 3.05) is 39.3 Å². The van der Waals surface area contributed by atoms with Crippen LogP contribution in [0, 0.1) is 11.8 Å². The van der Waals surface area contributed by atoms with Crippen LogP contribution in [-0.4, -0.2) is 60.0 Å². The van der Waals surface area contributed by atoms with Gasteiger partial charge in [0.2, 0.25) is 0 Å². The van der Waals surface area contributed by atoms with Gasteiger partial charge >= 0.3 is 0 Å². The molecule has 2 N–H and O–H groups in total. The summed E-state index contributed by atoms with van der Waals surface area (Å²) in [5, 5.41) is 0. The van der Waals surface area contributed by atoms with E-state index in [1.807, 2.05) is 11.0 Å². The Morgan fingerprint density at radius 2 is 2.15 bits per heavy atom. The van der Waals surface area contributed by atoms with Crippen LogP contribution in [0.4, 0.5) is 0 Å². The number of nitrogens with zero attached hydrogens (tertiary/aromatic N) is 3. The number of carbonyl (C=O) groups excluding carboxylic acids is 1. The largest absolute Gasteiger partial charge is 0.335 e. The maximum atomic E-state index is 12.5. The van der Waals surface area contributed by atoms with Gasteiger partial charge < -0.3 is 15.5 Å². The third-order valence-electron chi connectivity index (χ3n) is 3.44. The van der Waals surface area contributed by atoms with E-state index >= 15 is 0 Å². The van der Waals surface area contributed by atoms with Gasteiger partial charge in [-0.2, -0.15) is 0 Å². The first-order valence-corrected chi connectivity index (χ1v) is 6.91. The van der Waals surface area contributed by atoms with E-state index in [9.17, 15) is 4.79 Å². The second-order valence-electron chi connectivity index (χ2n) is 4.63. The first kappa shape index (κ1) is 14.5. The highest BCUT2D eigenvalue weighted by molar-refractivity contribution is 5.94. The van der Waals surface area contributed by atoms with Gasteiger partial charge in [0.05, 0.1) is 12.1 Å². The zero-order valence-corrected chi connectivity index (χ0v) is 11.8. The summed E-state index contributed by atoms with van der Waals surface area (Å²) in [5.74, 6) is 5.66. The number of likely N-dealkylation sites (N-methyl/N-ethyl adjacent to an activating group) is 1. The molecule has 2 heterocycles. The quantitative estimate of drug-likeness (QED) is 0.780. The van der Waals surface area contributed by atoms with E-state index in [-0.39, 0.29) is 12.5 Å². The minimum Gasteiger partial charge on any atom is -0.335 e. The van der Waals surface area contributed by atoms with Gasteiger partial charge in [-0.1, -0.05) is 18.8 Å². The molecule has 0 spiro atoms. The van der Waals surface area contributed by atoms with Crippen LogP contribution in [-0.2, 0) is 0 Å². The van der Waals surface area contributed by atoms with Gasteiger partial charge in [0.25, 0.3) is 5.91 Å². The lowest BCUT2D eigenvalue weighted by atomic mass is 10.1. The van der Waals surface area contributed by atoms with E-state index in [2.05, 4.69) is 28.6 Å². The molecule has 0 unspecified atom stereocenters. The minimum absolute atomic E-state index is 0.0392. The molecular formula is C15H20N4O. The summed E-state index contributed by atoms with van der Waals surface area (Å²) in [4.78, 5) is 20.9. The molecule has 106 valence electrons. The molecule has 0 radical (unpaired) electrons. The molecule has 20 heavy (non-hydrogen) atoms. The monoisotopic (exact) mass is 272 g/mol. The second-order valence-corrected chi connectivity index (χ2v) is 4.63. The van der Waals surface area contributed by atoms with Gasteiger partial charge in [0, 0.05) is 32.4 Å². The first-order valence-electron chi connectivity index (χ1n) is 6.91. The Morgan fingerprint density at radius 3 is 2.80 bits per heavy atom. The predicted octanol–water partition coefficient (Wildman–Crippen LogP) is 0.170. The molecule has 1 aromatic heterocycles. The van der Waals surface area contributed by atoms with Crippen molar-refractivity contribution in [3.8, 4) is 11.8 Å². The second kappa shape index (κ2) is 7.04. The van der Waals surface area contributed by atoms with E-state index in [0.717, 1.165) is 32.7 Å². The van der Waals surface area contributed by atoms with Gasteiger partial charge in [-0.3, -0.25) is 4.79 Å². The summed E-state index contributed by atoms with van der Waals surface area (Å²) in [6, 6.07) is 3.59. The number of amides is 1. The average Bonchev–Trinajstić information content (AvgIpc) is 2.52. The van der Waals surface area contributed by atoms with Crippen LogP contribution in [0.1, 0.15) is 23.0 Å². The highest BCUT2D eigenvalue weighted by Crippen LogP contribution is 2.10. The van der Waals surface area contributed by atoms with Gasteiger partial charge in [-0.15, -0.1) is 0 Å². The number of nitrogens with two attached hydrogens (primary N) is 1. The summed E-state index contributed by atoms with van der Waals surface area (Å²) in [6.45, 7) is 6.76. The maximum absolute atomic E-state index is 12.5. The Labute approximate surface area is 119 Å². The van der Waals surface area contributed by atoms with Crippen molar-refractivity contribution in [2.45, 2.75) is 6.92 Å². The molecule has 0 saturated carbocycles. The van der Waals surface area contributed by atoms with Crippen molar-refractivity contribution in [3.05, 3.63) is 29.6 Å². The molecule has 1 aliphatic rings. The molecule has 5 nitrogen and oxygen atoms in total. The molecule has 1 aromatic rings. The molecule has 1 fully saturated rings. The fourth-order valence-electron chi connectivity index (χ4n) is 2.24. The predicted molar refractivity (Wildman–Crippen MR) is 78.2 cm³/mol. The summed E-state index contributed by atoms with van der Waals surface area (Å²) >= 11 is 0. The van der Waals surface area contributed by atoms with E-state index < -0.39 is 0 Å². The summed E-state index contributed by atoms with van der Waals surface area (Å²) in [5.41, 5.74) is 6.46. The minimum atomic E-state index is -0.0392. The maximum Gasteiger partial charge on any atom is 0.273 e. The van der Waals surface area contributed by atoms with E-state index in [4.69, 9.17) is 5.73 Å². The van der Waals surface area contributed by atoms with Crippen LogP contribution in [0.25, 0.3) is 0 Å². The Morgan fingerprint density at radius 1 is 1.40 bits per heavy atom. The van der Waals surface area contributed by atoms with Gasteiger partial charge in [0.1, 0.15) is 5.69 Å². The van der Waals surface area contributed by atoms with E-state index in [1.54, 1.807) is 12.3 Å². The third kappa shape index (κ3) is 3.35. The number of hydrogen-bond acceptors (Lipinski definition) is 4. The zero-order valence-electron chi connectivity index (χ0n) is 11.8. The SMILES string of the molecule is CCN1CCN(C(=O)c2ncccc2C#CCN)CC1. The first-order chi connectivity index (χ1) is 9.76. The summed E-state index contributed by atoms with van der Waals surface area (Å²) in [6.07, 6.45) is 1.63. The van der Waals surface area contributed by atoms with E-state index in [1.165, 1.54) is 0 Å². The van der Waals surface area contributed by atoms with Gasteiger partial charge in [0.15, 0.2) is 0 Å². The highest BCUT2D eigenvalue weighted by atomic mass is 16.2. The summed E-state index contributed by atoms with van der Waals surface area (Å²) in [7, 11) is 0. The van der Waals surface area contributed by atoms with Crippen molar-refractivity contribution in [3.63, 3.8) is 0 Å². The smallest absolute Gasteiger partial charge is 0.273 e. The van der Waals surface area contributed by atoms with Crippen LogP contribution in [0.2, 0.25) is 0 Å².